The predicted octanol–water partition coefficient (Wildman–Crippen LogP) is 2.19. The smallest absolute Gasteiger partial charge is 0.244 e. The molecule has 0 radical (unpaired) electrons. The van der Waals surface area contributed by atoms with Crippen LogP contribution >= 0.6 is 11.8 Å². The zero-order valence-corrected chi connectivity index (χ0v) is 13.0. The number of halogens is 1. The van der Waals surface area contributed by atoms with Crippen molar-refractivity contribution in [2.75, 3.05) is 0 Å². The number of carbonyl (C=O) groups is 2. The van der Waals surface area contributed by atoms with E-state index in [0.717, 1.165) is 10.5 Å². The van der Waals surface area contributed by atoms with Crippen LogP contribution in [0.5, 0.6) is 0 Å². The van der Waals surface area contributed by atoms with Gasteiger partial charge in [-0.2, -0.15) is 0 Å². The lowest BCUT2D eigenvalue weighted by Crippen LogP contribution is -2.41. The molecule has 6 heteroatoms. The Balaban J connectivity index is 1.76. The van der Waals surface area contributed by atoms with Gasteiger partial charge in [-0.3, -0.25) is 9.59 Å². The minimum absolute atomic E-state index is 0.0776. The van der Waals surface area contributed by atoms with Crippen LogP contribution in [0.25, 0.3) is 0 Å². The summed E-state index contributed by atoms with van der Waals surface area (Å²) in [6.07, 6.45) is 0.579. The molecular weight excluding hydrogens is 315 g/mol. The first-order valence-corrected chi connectivity index (χ1v) is 8.03. The number of benzene rings is 2. The van der Waals surface area contributed by atoms with E-state index in [2.05, 4.69) is 5.32 Å². The van der Waals surface area contributed by atoms with Crippen molar-refractivity contribution in [3.63, 3.8) is 0 Å². The van der Waals surface area contributed by atoms with Gasteiger partial charge in [-0.25, -0.2) is 4.39 Å². The van der Waals surface area contributed by atoms with Crippen molar-refractivity contribution in [3.05, 3.63) is 65.5 Å². The SMILES string of the molecule is NC(=O)[C@H](NC(=O)[C@H]1Cc2ccccc2S1)c1ccccc1F. The Morgan fingerprint density at radius 2 is 1.87 bits per heavy atom. The van der Waals surface area contributed by atoms with Gasteiger partial charge >= 0.3 is 0 Å². The van der Waals surface area contributed by atoms with E-state index in [0.29, 0.717) is 6.42 Å². The number of hydrogen-bond donors (Lipinski definition) is 2. The van der Waals surface area contributed by atoms with E-state index in [1.54, 1.807) is 6.07 Å². The van der Waals surface area contributed by atoms with Crippen molar-refractivity contribution in [1.82, 2.24) is 5.32 Å². The molecule has 3 rings (SSSR count). The normalized spacial score (nSPS) is 17.3. The molecule has 0 bridgehead atoms. The first-order valence-electron chi connectivity index (χ1n) is 7.15. The lowest BCUT2D eigenvalue weighted by molar-refractivity contribution is -0.127. The van der Waals surface area contributed by atoms with Crippen LogP contribution in [0.15, 0.2) is 53.4 Å². The van der Waals surface area contributed by atoms with E-state index in [1.807, 2.05) is 24.3 Å². The van der Waals surface area contributed by atoms with Gasteiger partial charge in [0.2, 0.25) is 11.8 Å². The molecule has 0 aliphatic carbocycles. The van der Waals surface area contributed by atoms with Crippen molar-refractivity contribution >= 4 is 23.6 Å². The number of hydrogen-bond acceptors (Lipinski definition) is 3. The Labute approximate surface area is 137 Å². The highest BCUT2D eigenvalue weighted by atomic mass is 32.2. The molecule has 1 aliphatic heterocycles. The Kier molecular flexibility index (Phi) is 4.34. The quantitative estimate of drug-likeness (QED) is 0.902. The fourth-order valence-corrected chi connectivity index (χ4v) is 3.78. The first kappa shape index (κ1) is 15.6. The molecule has 3 N–H and O–H groups in total. The second-order valence-electron chi connectivity index (χ2n) is 5.28. The molecule has 0 fully saturated rings. The van der Waals surface area contributed by atoms with E-state index in [4.69, 9.17) is 5.73 Å². The van der Waals surface area contributed by atoms with E-state index < -0.39 is 17.8 Å². The topological polar surface area (TPSA) is 72.2 Å². The van der Waals surface area contributed by atoms with Gasteiger partial charge in [0.25, 0.3) is 0 Å². The number of nitrogens with two attached hydrogens (primary N) is 1. The Hall–Kier alpha value is -2.34. The average molecular weight is 330 g/mol. The summed E-state index contributed by atoms with van der Waals surface area (Å²) in [6, 6.07) is 12.4. The van der Waals surface area contributed by atoms with Gasteiger partial charge in [-0.15, -0.1) is 11.8 Å². The van der Waals surface area contributed by atoms with Gasteiger partial charge in [-0.05, 0) is 24.1 Å². The molecule has 0 saturated heterocycles. The summed E-state index contributed by atoms with van der Waals surface area (Å²) in [4.78, 5) is 25.2. The Morgan fingerprint density at radius 1 is 1.17 bits per heavy atom. The van der Waals surface area contributed by atoms with Gasteiger partial charge < -0.3 is 11.1 Å². The van der Waals surface area contributed by atoms with Crippen molar-refractivity contribution < 1.29 is 14.0 Å². The highest BCUT2D eigenvalue weighted by Crippen LogP contribution is 2.37. The fraction of sp³-hybridized carbons (Fsp3) is 0.176. The van der Waals surface area contributed by atoms with Crippen LogP contribution in [0, 0.1) is 5.82 Å². The zero-order chi connectivity index (χ0) is 16.4. The summed E-state index contributed by atoms with van der Waals surface area (Å²) in [5.74, 6) is -1.68. The molecule has 4 nitrogen and oxygen atoms in total. The summed E-state index contributed by atoms with van der Waals surface area (Å²) in [5.41, 5.74) is 6.52. The molecule has 2 atom stereocenters. The van der Waals surface area contributed by atoms with Crippen LogP contribution in [-0.4, -0.2) is 17.1 Å². The van der Waals surface area contributed by atoms with E-state index >= 15 is 0 Å². The van der Waals surface area contributed by atoms with E-state index in [1.165, 1.54) is 30.0 Å². The Bertz CT molecular complexity index is 741. The van der Waals surface area contributed by atoms with Crippen LogP contribution in [0.2, 0.25) is 0 Å². The molecule has 1 aliphatic rings. The van der Waals surface area contributed by atoms with Crippen molar-refractivity contribution in [2.45, 2.75) is 22.6 Å². The standard InChI is InChI=1S/C17H15FN2O2S/c18-12-7-3-2-6-11(12)15(16(19)21)20-17(22)14-9-10-5-1-4-8-13(10)23-14/h1-8,14-15H,9H2,(H2,19,21)(H,20,22)/t14-,15-/m1/s1. The summed E-state index contributed by atoms with van der Waals surface area (Å²) in [7, 11) is 0. The highest BCUT2D eigenvalue weighted by Gasteiger charge is 2.31. The second kappa shape index (κ2) is 6.42. The van der Waals surface area contributed by atoms with Crippen LogP contribution < -0.4 is 11.1 Å². The van der Waals surface area contributed by atoms with Crippen molar-refractivity contribution in [3.8, 4) is 0 Å². The molecule has 2 aromatic carbocycles. The molecule has 1 heterocycles. The number of nitrogens with one attached hydrogen (secondary N) is 1. The minimum atomic E-state index is -1.17. The third-order valence-corrected chi connectivity index (χ3v) is 5.04. The lowest BCUT2D eigenvalue weighted by atomic mass is 10.0. The second-order valence-corrected chi connectivity index (χ2v) is 6.53. The molecule has 0 spiro atoms. The summed E-state index contributed by atoms with van der Waals surface area (Å²) >= 11 is 1.44. The average Bonchev–Trinajstić information content (AvgIpc) is 2.97. The van der Waals surface area contributed by atoms with E-state index in [9.17, 15) is 14.0 Å². The van der Waals surface area contributed by atoms with Crippen LogP contribution in [0.4, 0.5) is 4.39 Å². The molecule has 2 amide bonds. The van der Waals surface area contributed by atoms with Gasteiger partial charge in [0.1, 0.15) is 11.9 Å². The summed E-state index contributed by atoms with van der Waals surface area (Å²) < 4.78 is 13.9. The number of rotatable bonds is 4. The maximum atomic E-state index is 13.9. The van der Waals surface area contributed by atoms with Crippen LogP contribution in [-0.2, 0) is 16.0 Å². The third-order valence-electron chi connectivity index (χ3n) is 3.73. The first-order chi connectivity index (χ1) is 11.1. The number of primary amides is 1. The van der Waals surface area contributed by atoms with Crippen LogP contribution in [0.3, 0.4) is 0 Å². The molecule has 2 aromatic rings. The monoisotopic (exact) mass is 330 g/mol. The lowest BCUT2D eigenvalue weighted by Gasteiger charge is -2.18. The maximum Gasteiger partial charge on any atom is 0.244 e. The van der Waals surface area contributed by atoms with Gasteiger partial charge in [0, 0.05) is 10.5 Å². The molecule has 118 valence electrons. The molecule has 0 aromatic heterocycles. The third kappa shape index (κ3) is 3.22. The predicted molar refractivity (Wildman–Crippen MR) is 86.3 cm³/mol. The maximum absolute atomic E-state index is 13.9. The number of amides is 2. The zero-order valence-electron chi connectivity index (χ0n) is 12.2. The molecular formula is C17H15FN2O2S. The van der Waals surface area contributed by atoms with Crippen LogP contribution in [0.1, 0.15) is 17.2 Å². The van der Waals surface area contributed by atoms with Crippen molar-refractivity contribution in [2.24, 2.45) is 5.73 Å². The Morgan fingerprint density at radius 3 is 2.57 bits per heavy atom. The molecule has 23 heavy (non-hydrogen) atoms. The molecule has 0 saturated carbocycles. The molecule has 0 unspecified atom stereocenters. The van der Waals surface area contributed by atoms with Gasteiger partial charge in [0.05, 0.1) is 5.25 Å². The number of thioether (sulfide) groups is 1. The summed E-state index contributed by atoms with van der Waals surface area (Å²) in [6.45, 7) is 0. The van der Waals surface area contributed by atoms with Gasteiger partial charge in [0.15, 0.2) is 0 Å². The minimum Gasteiger partial charge on any atom is -0.368 e. The number of carbonyl (C=O) groups excluding carboxylic acids is 2. The fourth-order valence-electron chi connectivity index (χ4n) is 2.57. The largest absolute Gasteiger partial charge is 0.368 e. The number of fused-ring (bicyclic) bond motifs is 1. The van der Waals surface area contributed by atoms with Crippen molar-refractivity contribution in [1.29, 1.82) is 0 Å². The highest BCUT2D eigenvalue weighted by molar-refractivity contribution is 8.01. The summed E-state index contributed by atoms with van der Waals surface area (Å²) in [5, 5.41) is 2.23. The van der Waals surface area contributed by atoms with E-state index in [-0.39, 0.29) is 16.7 Å². The van der Waals surface area contributed by atoms with Gasteiger partial charge in [-0.1, -0.05) is 36.4 Å².